The highest BCUT2D eigenvalue weighted by molar-refractivity contribution is 7.98. The lowest BCUT2D eigenvalue weighted by molar-refractivity contribution is 0.388. The minimum absolute atomic E-state index is 0.461. The van der Waals surface area contributed by atoms with E-state index in [4.69, 9.17) is 0 Å². The smallest absolute Gasteiger partial charge is 0.296 e. The molecule has 0 spiro atoms. The third kappa shape index (κ3) is 1.72. The van der Waals surface area contributed by atoms with E-state index in [1.807, 2.05) is 30.5 Å². The highest BCUT2D eigenvalue weighted by Gasteiger charge is 2.02. The molecule has 5 heteroatoms. The standard InChI is InChI=1S/C9H8N2O2S/c1-14-7-4-2-6(3-5-7)8-10-9(12)13-11-8/h2-5H,1H3,(H,10,11,12). The fraction of sp³-hybridized carbons (Fsp3) is 0.111. The Bertz CT molecular complexity index is 472. The van der Waals surface area contributed by atoms with Crippen LogP contribution in [0.25, 0.3) is 11.4 Å². The molecule has 0 fully saturated rings. The second-order valence-electron chi connectivity index (χ2n) is 2.67. The molecule has 0 bridgehead atoms. The summed E-state index contributed by atoms with van der Waals surface area (Å²) in [5, 5.41) is 3.59. The quantitative estimate of drug-likeness (QED) is 0.764. The molecule has 14 heavy (non-hydrogen) atoms. The topological polar surface area (TPSA) is 58.9 Å². The van der Waals surface area contributed by atoms with Gasteiger partial charge in [-0.1, -0.05) is 17.3 Å². The first-order valence-corrected chi connectivity index (χ1v) is 5.22. The first-order chi connectivity index (χ1) is 6.79. The number of aromatic amines is 1. The molecule has 0 aliphatic carbocycles. The van der Waals surface area contributed by atoms with E-state index in [1.54, 1.807) is 11.8 Å². The summed E-state index contributed by atoms with van der Waals surface area (Å²) >= 11 is 1.66. The number of thioether (sulfide) groups is 1. The zero-order valence-corrected chi connectivity index (χ0v) is 8.30. The molecule has 1 aromatic carbocycles. The second-order valence-corrected chi connectivity index (χ2v) is 3.55. The predicted octanol–water partition coefficient (Wildman–Crippen LogP) is 1.75. The molecular weight excluding hydrogens is 200 g/mol. The van der Waals surface area contributed by atoms with Crippen LogP contribution in [0.1, 0.15) is 0 Å². The van der Waals surface area contributed by atoms with E-state index in [2.05, 4.69) is 14.7 Å². The Morgan fingerprint density at radius 3 is 2.57 bits per heavy atom. The molecule has 1 aromatic heterocycles. The number of rotatable bonds is 2. The highest BCUT2D eigenvalue weighted by Crippen LogP contribution is 2.19. The van der Waals surface area contributed by atoms with Gasteiger partial charge in [0.05, 0.1) is 0 Å². The fourth-order valence-electron chi connectivity index (χ4n) is 1.10. The number of nitrogens with zero attached hydrogens (tertiary/aromatic N) is 1. The summed E-state index contributed by atoms with van der Waals surface area (Å²) in [5.41, 5.74) is 0.841. The predicted molar refractivity (Wildman–Crippen MR) is 54.3 cm³/mol. The van der Waals surface area contributed by atoms with Crippen LogP contribution in [0.2, 0.25) is 0 Å². The molecule has 4 nitrogen and oxygen atoms in total. The van der Waals surface area contributed by atoms with Crippen molar-refractivity contribution >= 4 is 11.8 Å². The van der Waals surface area contributed by atoms with Gasteiger partial charge in [-0.3, -0.25) is 9.51 Å². The van der Waals surface area contributed by atoms with Crippen LogP contribution in [0.5, 0.6) is 0 Å². The van der Waals surface area contributed by atoms with Crippen LogP contribution in [0.3, 0.4) is 0 Å². The molecule has 0 amide bonds. The first kappa shape index (κ1) is 9.08. The monoisotopic (exact) mass is 208 g/mol. The number of nitrogens with one attached hydrogen (secondary N) is 1. The van der Waals surface area contributed by atoms with E-state index in [1.165, 1.54) is 4.90 Å². The van der Waals surface area contributed by atoms with E-state index in [0.717, 1.165) is 5.56 Å². The number of hydrogen-bond donors (Lipinski definition) is 1. The lowest BCUT2D eigenvalue weighted by atomic mass is 10.2. The fourth-order valence-corrected chi connectivity index (χ4v) is 1.51. The van der Waals surface area contributed by atoms with E-state index < -0.39 is 5.76 Å². The molecule has 1 N–H and O–H groups in total. The van der Waals surface area contributed by atoms with Crippen molar-refractivity contribution in [3.8, 4) is 11.4 Å². The summed E-state index contributed by atoms with van der Waals surface area (Å²) in [6.07, 6.45) is 2.01. The second kappa shape index (κ2) is 3.71. The number of aromatic nitrogens is 2. The third-order valence-corrected chi connectivity index (χ3v) is 2.55. The molecule has 0 aliphatic rings. The number of H-pyrrole nitrogens is 1. The van der Waals surface area contributed by atoms with Crippen LogP contribution in [0, 0.1) is 0 Å². The van der Waals surface area contributed by atoms with E-state index in [9.17, 15) is 4.79 Å². The molecule has 0 radical (unpaired) electrons. The van der Waals surface area contributed by atoms with E-state index >= 15 is 0 Å². The van der Waals surface area contributed by atoms with Crippen molar-refractivity contribution in [3.63, 3.8) is 0 Å². The molecule has 2 aromatic rings. The zero-order valence-electron chi connectivity index (χ0n) is 7.48. The van der Waals surface area contributed by atoms with Crippen molar-refractivity contribution in [1.82, 2.24) is 10.1 Å². The van der Waals surface area contributed by atoms with Crippen molar-refractivity contribution in [2.75, 3.05) is 6.26 Å². The van der Waals surface area contributed by atoms with Crippen LogP contribution >= 0.6 is 11.8 Å². The molecular formula is C9H8N2O2S. The van der Waals surface area contributed by atoms with Crippen LogP contribution in [0.4, 0.5) is 0 Å². The van der Waals surface area contributed by atoms with E-state index in [0.29, 0.717) is 5.82 Å². The van der Waals surface area contributed by atoms with Gasteiger partial charge >= 0.3 is 5.76 Å². The van der Waals surface area contributed by atoms with Crippen molar-refractivity contribution in [3.05, 3.63) is 34.8 Å². The maximum atomic E-state index is 10.7. The minimum atomic E-state index is -0.533. The summed E-state index contributed by atoms with van der Waals surface area (Å²) in [4.78, 5) is 14.4. The Morgan fingerprint density at radius 1 is 1.36 bits per heavy atom. The molecule has 2 rings (SSSR count). The number of hydrogen-bond acceptors (Lipinski definition) is 4. The minimum Gasteiger partial charge on any atom is -0.296 e. The third-order valence-electron chi connectivity index (χ3n) is 1.80. The average Bonchev–Trinajstić information content (AvgIpc) is 2.65. The van der Waals surface area contributed by atoms with Crippen LogP contribution in [0.15, 0.2) is 38.5 Å². The summed E-state index contributed by atoms with van der Waals surface area (Å²) in [6, 6.07) is 7.71. The van der Waals surface area contributed by atoms with Crippen molar-refractivity contribution < 1.29 is 4.52 Å². The van der Waals surface area contributed by atoms with Gasteiger partial charge in [0.1, 0.15) is 0 Å². The van der Waals surface area contributed by atoms with Gasteiger partial charge in [-0.15, -0.1) is 11.8 Å². The lowest BCUT2D eigenvalue weighted by Crippen LogP contribution is -1.94. The number of benzene rings is 1. The van der Waals surface area contributed by atoms with Crippen molar-refractivity contribution in [2.24, 2.45) is 0 Å². The Hall–Kier alpha value is -1.49. The molecule has 0 unspecified atom stereocenters. The van der Waals surface area contributed by atoms with Crippen LogP contribution in [-0.2, 0) is 0 Å². The zero-order chi connectivity index (χ0) is 9.97. The normalized spacial score (nSPS) is 10.4. The Kier molecular flexibility index (Phi) is 2.41. The molecule has 0 saturated carbocycles. The Balaban J connectivity index is 2.38. The molecule has 1 heterocycles. The SMILES string of the molecule is CSc1ccc(-c2noc(=O)[nH]2)cc1. The van der Waals surface area contributed by atoms with Crippen molar-refractivity contribution in [2.45, 2.75) is 4.90 Å². The van der Waals surface area contributed by atoms with Gasteiger partial charge in [0.15, 0.2) is 5.82 Å². The van der Waals surface area contributed by atoms with Crippen molar-refractivity contribution in [1.29, 1.82) is 0 Å². The maximum absolute atomic E-state index is 10.7. The summed E-state index contributed by atoms with van der Waals surface area (Å²) in [7, 11) is 0. The van der Waals surface area contributed by atoms with Gasteiger partial charge in [-0.05, 0) is 18.4 Å². The van der Waals surface area contributed by atoms with Gasteiger partial charge < -0.3 is 0 Å². The summed E-state index contributed by atoms with van der Waals surface area (Å²) in [6.45, 7) is 0. The van der Waals surface area contributed by atoms with Gasteiger partial charge in [0, 0.05) is 10.5 Å². The summed E-state index contributed by atoms with van der Waals surface area (Å²) < 4.78 is 4.41. The molecule has 72 valence electrons. The van der Waals surface area contributed by atoms with Gasteiger partial charge in [-0.25, -0.2) is 4.79 Å². The van der Waals surface area contributed by atoms with Gasteiger partial charge in [0.25, 0.3) is 0 Å². The molecule has 0 aliphatic heterocycles. The van der Waals surface area contributed by atoms with Gasteiger partial charge in [-0.2, -0.15) is 0 Å². The molecule has 0 saturated heterocycles. The molecule has 0 atom stereocenters. The van der Waals surface area contributed by atoms with E-state index in [-0.39, 0.29) is 0 Å². The summed E-state index contributed by atoms with van der Waals surface area (Å²) in [5.74, 6) is -0.0726. The van der Waals surface area contributed by atoms with Crippen LogP contribution in [-0.4, -0.2) is 16.4 Å². The maximum Gasteiger partial charge on any atom is 0.439 e. The first-order valence-electron chi connectivity index (χ1n) is 4.00. The Morgan fingerprint density at radius 2 is 2.07 bits per heavy atom. The lowest BCUT2D eigenvalue weighted by Gasteiger charge is -1.96. The highest BCUT2D eigenvalue weighted by atomic mass is 32.2. The Labute approximate surface area is 84.3 Å². The largest absolute Gasteiger partial charge is 0.439 e. The van der Waals surface area contributed by atoms with Gasteiger partial charge in [0.2, 0.25) is 0 Å². The van der Waals surface area contributed by atoms with Crippen LogP contribution < -0.4 is 5.76 Å². The average molecular weight is 208 g/mol.